The van der Waals surface area contributed by atoms with E-state index in [2.05, 4.69) is 9.97 Å². The van der Waals surface area contributed by atoms with Crippen LogP contribution in [0.15, 0.2) is 24.4 Å². The van der Waals surface area contributed by atoms with Crippen molar-refractivity contribution < 1.29 is 9.47 Å². The Kier molecular flexibility index (Phi) is 3.67. The summed E-state index contributed by atoms with van der Waals surface area (Å²) in [5.41, 5.74) is 2.50. The summed E-state index contributed by atoms with van der Waals surface area (Å²) in [6, 6.07) is 5.56. The zero-order valence-electron chi connectivity index (χ0n) is 10.4. The van der Waals surface area contributed by atoms with E-state index in [0.29, 0.717) is 0 Å². The van der Waals surface area contributed by atoms with Crippen molar-refractivity contribution in [3.63, 3.8) is 0 Å². The van der Waals surface area contributed by atoms with Gasteiger partial charge in [-0.3, -0.25) is 0 Å². The fourth-order valence-electron chi connectivity index (χ4n) is 1.84. The summed E-state index contributed by atoms with van der Waals surface area (Å²) < 4.78 is 10.7. The highest BCUT2D eigenvalue weighted by Crippen LogP contribution is 2.36. The van der Waals surface area contributed by atoms with Gasteiger partial charge in [-0.15, -0.1) is 0 Å². The van der Waals surface area contributed by atoms with Gasteiger partial charge in [-0.05, 0) is 36.7 Å². The van der Waals surface area contributed by atoms with Crippen molar-refractivity contribution in [2.45, 2.75) is 6.92 Å². The third-order valence-corrected chi connectivity index (χ3v) is 2.86. The Labute approximate surface area is 111 Å². The fourth-order valence-corrected chi connectivity index (χ4v) is 1.99. The smallest absolute Gasteiger partial charge is 0.222 e. The molecule has 0 spiro atoms. The Balaban J connectivity index is 2.61. The predicted molar refractivity (Wildman–Crippen MR) is 70.3 cm³/mol. The molecule has 0 bridgehead atoms. The highest BCUT2D eigenvalue weighted by atomic mass is 35.5. The second kappa shape index (κ2) is 5.23. The molecule has 5 heteroatoms. The zero-order valence-corrected chi connectivity index (χ0v) is 11.2. The molecule has 1 heterocycles. The number of methoxy groups -OCH3 is 2. The summed E-state index contributed by atoms with van der Waals surface area (Å²) in [5, 5.41) is 0.211. The van der Waals surface area contributed by atoms with Gasteiger partial charge in [0, 0.05) is 17.3 Å². The van der Waals surface area contributed by atoms with E-state index in [1.807, 2.05) is 19.1 Å². The Morgan fingerprint density at radius 3 is 2.50 bits per heavy atom. The minimum atomic E-state index is 0.211. The van der Waals surface area contributed by atoms with Gasteiger partial charge in [-0.25, -0.2) is 9.97 Å². The lowest BCUT2D eigenvalue weighted by Gasteiger charge is -2.14. The van der Waals surface area contributed by atoms with Gasteiger partial charge < -0.3 is 9.47 Å². The van der Waals surface area contributed by atoms with Crippen LogP contribution in [0.25, 0.3) is 11.3 Å². The average Bonchev–Trinajstić information content (AvgIpc) is 2.38. The summed E-state index contributed by atoms with van der Waals surface area (Å²) in [4.78, 5) is 8.05. The number of ether oxygens (including phenoxy) is 2. The normalized spacial score (nSPS) is 10.2. The molecule has 0 atom stereocenters. The van der Waals surface area contributed by atoms with E-state index in [1.54, 1.807) is 26.5 Å². The fraction of sp³-hybridized carbons (Fsp3) is 0.231. The lowest BCUT2D eigenvalue weighted by Crippen LogP contribution is -1.96. The number of hydrogen-bond acceptors (Lipinski definition) is 4. The van der Waals surface area contributed by atoms with Gasteiger partial charge >= 0.3 is 0 Å². The molecule has 4 nitrogen and oxygen atoms in total. The van der Waals surface area contributed by atoms with E-state index in [1.165, 1.54) is 0 Å². The first-order valence-corrected chi connectivity index (χ1v) is 5.75. The Hall–Kier alpha value is -1.81. The summed E-state index contributed by atoms with van der Waals surface area (Å²) in [7, 11) is 3.25. The number of benzene rings is 1. The van der Waals surface area contributed by atoms with E-state index < -0.39 is 0 Å². The maximum atomic E-state index is 5.80. The van der Waals surface area contributed by atoms with Crippen LogP contribution >= 0.6 is 11.6 Å². The van der Waals surface area contributed by atoms with E-state index >= 15 is 0 Å². The summed E-state index contributed by atoms with van der Waals surface area (Å²) in [6.07, 6.45) is 1.61. The summed E-state index contributed by atoms with van der Waals surface area (Å²) in [6.45, 7) is 1.93. The third-order valence-electron chi connectivity index (χ3n) is 2.68. The number of nitrogens with zero attached hydrogens (tertiary/aromatic N) is 2. The van der Waals surface area contributed by atoms with Crippen molar-refractivity contribution in [3.05, 3.63) is 35.2 Å². The van der Waals surface area contributed by atoms with Gasteiger partial charge in [0.15, 0.2) is 0 Å². The van der Waals surface area contributed by atoms with Crippen LogP contribution < -0.4 is 9.47 Å². The van der Waals surface area contributed by atoms with Crippen LogP contribution in [0.1, 0.15) is 5.56 Å². The molecule has 2 rings (SSSR count). The molecule has 0 aliphatic heterocycles. The molecule has 0 unspecified atom stereocenters. The number of rotatable bonds is 3. The van der Waals surface area contributed by atoms with Crippen molar-refractivity contribution in [2.24, 2.45) is 0 Å². The van der Waals surface area contributed by atoms with Gasteiger partial charge in [0.1, 0.15) is 11.5 Å². The zero-order chi connectivity index (χ0) is 13.1. The molecule has 0 aliphatic carbocycles. The number of hydrogen-bond donors (Lipinski definition) is 0. The minimum absolute atomic E-state index is 0.211. The number of halogens is 1. The SMILES string of the molecule is COc1ccc(-c2ccnc(Cl)n2)c(OC)c1C. The Bertz CT molecular complexity index is 573. The Morgan fingerprint density at radius 1 is 1.11 bits per heavy atom. The van der Waals surface area contributed by atoms with Crippen molar-refractivity contribution in [2.75, 3.05) is 14.2 Å². The molecule has 0 fully saturated rings. The third kappa shape index (κ3) is 2.24. The lowest BCUT2D eigenvalue weighted by atomic mass is 10.1. The predicted octanol–water partition coefficient (Wildman–Crippen LogP) is 3.12. The maximum Gasteiger partial charge on any atom is 0.222 e. The van der Waals surface area contributed by atoms with E-state index in [-0.39, 0.29) is 5.28 Å². The van der Waals surface area contributed by atoms with Crippen LogP contribution in [0.3, 0.4) is 0 Å². The van der Waals surface area contributed by atoms with Gasteiger partial charge in [-0.2, -0.15) is 0 Å². The molecule has 2 aromatic rings. The molecule has 1 aromatic heterocycles. The number of aromatic nitrogens is 2. The molecule has 0 radical (unpaired) electrons. The first kappa shape index (κ1) is 12.6. The van der Waals surface area contributed by atoms with Gasteiger partial charge in [0.05, 0.1) is 19.9 Å². The molecule has 0 saturated carbocycles. The summed E-state index contributed by atoms with van der Waals surface area (Å²) >= 11 is 5.80. The van der Waals surface area contributed by atoms with E-state index in [4.69, 9.17) is 21.1 Å². The maximum absolute atomic E-state index is 5.80. The van der Waals surface area contributed by atoms with Gasteiger partial charge in [0.25, 0.3) is 0 Å². The van der Waals surface area contributed by atoms with Crippen LogP contribution in [0.4, 0.5) is 0 Å². The van der Waals surface area contributed by atoms with Crippen LogP contribution in [-0.4, -0.2) is 24.2 Å². The van der Waals surface area contributed by atoms with Crippen LogP contribution in [0, 0.1) is 6.92 Å². The summed E-state index contributed by atoms with van der Waals surface area (Å²) in [5.74, 6) is 1.50. The molecular formula is C13H13ClN2O2. The van der Waals surface area contributed by atoms with Gasteiger partial charge in [0.2, 0.25) is 5.28 Å². The molecule has 0 saturated heterocycles. The molecule has 18 heavy (non-hydrogen) atoms. The van der Waals surface area contributed by atoms with E-state index in [0.717, 1.165) is 28.3 Å². The van der Waals surface area contributed by atoms with Crippen molar-refractivity contribution in [1.29, 1.82) is 0 Å². The molecular weight excluding hydrogens is 252 g/mol. The van der Waals surface area contributed by atoms with Gasteiger partial charge in [-0.1, -0.05) is 0 Å². The highest BCUT2D eigenvalue weighted by molar-refractivity contribution is 6.28. The van der Waals surface area contributed by atoms with E-state index in [9.17, 15) is 0 Å². The first-order chi connectivity index (χ1) is 8.67. The topological polar surface area (TPSA) is 44.2 Å². The van der Waals surface area contributed by atoms with Crippen LogP contribution in [0.5, 0.6) is 11.5 Å². The monoisotopic (exact) mass is 264 g/mol. The van der Waals surface area contributed by atoms with Crippen LogP contribution in [-0.2, 0) is 0 Å². The lowest BCUT2D eigenvalue weighted by molar-refractivity contribution is 0.390. The molecule has 0 amide bonds. The molecule has 1 aromatic carbocycles. The Morgan fingerprint density at radius 2 is 1.89 bits per heavy atom. The first-order valence-electron chi connectivity index (χ1n) is 5.38. The van der Waals surface area contributed by atoms with Crippen LogP contribution in [0.2, 0.25) is 5.28 Å². The van der Waals surface area contributed by atoms with Crippen molar-refractivity contribution in [1.82, 2.24) is 9.97 Å². The standard InChI is InChI=1S/C13H13ClN2O2/c1-8-11(17-2)5-4-9(12(8)18-3)10-6-7-15-13(14)16-10/h4-7H,1-3H3. The average molecular weight is 265 g/mol. The molecule has 94 valence electrons. The highest BCUT2D eigenvalue weighted by Gasteiger charge is 2.13. The second-order valence-electron chi connectivity index (χ2n) is 3.68. The molecule has 0 N–H and O–H groups in total. The molecule has 0 aliphatic rings. The van der Waals surface area contributed by atoms with Crippen molar-refractivity contribution in [3.8, 4) is 22.8 Å². The quantitative estimate of drug-likeness (QED) is 0.799. The minimum Gasteiger partial charge on any atom is -0.496 e. The largest absolute Gasteiger partial charge is 0.496 e. The van der Waals surface area contributed by atoms with Crippen molar-refractivity contribution >= 4 is 11.6 Å². The second-order valence-corrected chi connectivity index (χ2v) is 4.02.